The van der Waals surface area contributed by atoms with E-state index in [0.717, 1.165) is 50.5 Å². The molecule has 0 saturated heterocycles. The monoisotopic (exact) mass is 482 g/mol. The molecule has 0 radical (unpaired) electrons. The molecule has 3 aliphatic rings. The van der Waals surface area contributed by atoms with Crippen LogP contribution in [0.3, 0.4) is 0 Å². The van der Waals surface area contributed by atoms with Gasteiger partial charge >= 0.3 is 0 Å². The van der Waals surface area contributed by atoms with E-state index >= 15 is 0 Å². The molecule has 0 spiro atoms. The molecule has 0 saturated carbocycles. The normalized spacial score (nSPS) is 21.0. The van der Waals surface area contributed by atoms with E-state index in [0.29, 0.717) is 5.02 Å². The van der Waals surface area contributed by atoms with E-state index in [1.807, 2.05) is 54.6 Å². The fourth-order valence-electron chi connectivity index (χ4n) is 4.16. The summed E-state index contributed by atoms with van der Waals surface area (Å²) >= 11 is 9.69. The van der Waals surface area contributed by atoms with Gasteiger partial charge in [0.15, 0.2) is 11.5 Å². The summed E-state index contributed by atoms with van der Waals surface area (Å²) in [5.74, 6) is 2.40. The molecule has 3 aromatic carbocycles. The van der Waals surface area contributed by atoms with Gasteiger partial charge in [-0.1, -0.05) is 39.7 Å². The number of fused-ring (bicyclic) bond motifs is 4. The molecular weight excluding hydrogens is 468 g/mol. The largest absolute Gasteiger partial charge is 0.464 e. The molecule has 3 heterocycles. The zero-order valence-corrected chi connectivity index (χ0v) is 18.1. The average Bonchev–Trinajstić information content (AvgIpc) is 3.41. The Morgan fingerprint density at radius 1 is 0.933 bits per heavy atom. The number of hydrazone groups is 1. The Hall–Kier alpha value is -2.70. The highest BCUT2D eigenvalue weighted by atomic mass is 79.9. The van der Waals surface area contributed by atoms with E-state index in [2.05, 4.69) is 27.0 Å². The average molecular weight is 484 g/mol. The number of benzene rings is 3. The van der Waals surface area contributed by atoms with Gasteiger partial charge in [0.25, 0.3) is 0 Å². The van der Waals surface area contributed by atoms with E-state index < -0.39 is 0 Å². The van der Waals surface area contributed by atoms with Crippen LogP contribution in [0.4, 0.5) is 0 Å². The van der Waals surface area contributed by atoms with Gasteiger partial charge in [0, 0.05) is 32.6 Å². The van der Waals surface area contributed by atoms with Gasteiger partial charge in [0.05, 0.1) is 11.8 Å². The Morgan fingerprint density at radius 3 is 2.60 bits per heavy atom. The van der Waals surface area contributed by atoms with Crippen molar-refractivity contribution in [3.8, 4) is 17.2 Å². The first-order valence-corrected chi connectivity index (χ1v) is 10.8. The van der Waals surface area contributed by atoms with Gasteiger partial charge < -0.3 is 14.2 Å². The Kier molecular flexibility index (Phi) is 4.18. The van der Waals surface area contributed by atoms with Crippen LogP contribution in [0, 0.1) is 0 Å². The number of hydrogen-bond donors (Lipinski definition) is 0. The van der Waals surface area contributed by atoms with Crippen LogP contribution in [0.1, 0.15) is 35.4 Å². The van der Waals surface area contributed by atoms with Crippen LogP contribution in [-0.4, -0.2) is 17.5 Å². The van der Waals surface area contributed by atoms with Crippen LogP contribution in [0.15, 0.2) is 70.2 Å². The molecule has 3 aliphatic heterocycles. The maximum absolute atomic E-state index is 6.40. The SMILES string of the molecule is Clc1ccc([C@H]2Oc3ccc(Br)cc3[C@H]3CC(c4ccc5c(c4)OCO5)=NN32)cc1. The molecule has 150 valence electrons. The second-order valence-corrected chi connectivity index (χ2v) is 8.77. The third-order valence-electron chi connectivity index (χ3n) is 5.61. The summed E-state index contributed by atoms with van der Waals surface area (Å²) in [5, 5.41) is 7.74. The molecule has 30 heavy (non-hydrogen) atoms. The van der Waals surface area contributed by atoms with Gasteiger partial charge in [0.1, 0.15) is 5.75 Å². The molecule has 0 aliphatic carbocycles. The summed E-state index contributed by atoms with van der Waals surface area (Å²) < 4.78 is 18.4. The van der Waals surface area contributed by atoms with Gasteiger partial charge in [-0.05, 0) is 48.5 Å². The molecular formula is C23H16BrClN2O3. The van der Waals surface area contributed by atoms with Crippen molar-refractivity contribution >= 4 is 33.2 Å². The van der Waals surface area contributed by atoms with E-state index in [4.69, 9.17) is 30.9 Å². The van der Waals surface area contributed by atoms with Gasteiger partial charge in [-0.2, -0.15) is 5.10 Å². The number of nitrogens with zero attached hydrogens (tertiary/aromatic N) is 2. The molecule has 0 aromatic heterocycles. The molecule has 5 nitrogen and oxygen atoms in total. The molecule has 6 rings (SSSR count). The van der Waals surface area contributed by atoms with Crippen LogP contribution >= 0.6 is 27.5 Å². The standard InChI is InChI=1S/C23H16BrClN2O3/c24-15-4-8-20-17(10-15)19-11-18(14-3-7-21-22(9-14)29-12-28-21)26-27(19)23(30-20)13-1-5-16(25)6-2-13/h1-10,19,23H,11-12H2/t19-,23-/m1/s1. The molecule has 7 heteroatoms. The van der Waals surface area contributed by atoms with Crippen molar-refractivity contribution in [1.82, 2.24) is 5.01 Å². The van der Waals surface area contributed by atoms with E-state index in [1.165, 1.54) is 0 Å². The quantitative estimate of drug-likeness (QED) is 0.443. The highest BCUT2D eigenvalue weighted by Gasteiger charge is 2.41. The minimum Gasteiger partial charge on any atom is -0.464 e. The summed E-state index contributed by atoms with van der Waals surface area (Å²) in [4.78, 5) is 0. The van der Waals surface area contributed by atoms with Crippen molar-refractivity contribution in [3.05, 3.63) is 86.8 Å². The van der Waals surface area contributed by atoms with Crippen molar-refractivity contribution in [2.45, 2.75) is 18.7 Å². The maximum Gasteiger partial charge on any atom is 0.231 e. The highest BCUT2D eigenvalue weighted by Crippen LogP contribution is 2.48. The number of ether oxygens (including phenoxy) is 3. The number of rotatable bonds is 2. The zero-order chi connectivity index (χ0) is 20.2. The first-order chi connectivity index (χ1) is 14.7. The van der Waals surface area contributed by atoms with E-state index in [9.17, 15) is 0 Å². The molecule has 0 fully saturated rings. The summed E-state index contributed by atoms with van der Waals surface area (Å²) in [6.45, 7) is 0.258. The smallest absolute Gasteiger partial charge is 0.231 e. The Bertz CT molecular complexity index is 1180. The lowest BCUT2D eigenvalue weighted by Crippen LogP contribution is -2.33. The first kappa shape index (κ1) is 18.1. The van der Waals surface area contributed by atoms with Crippen molar-refractivity contribution in [2.75, 3.05) is 6.79 Å². The lowest BCUT2D eigenvalue weighted by atomic mass is 9.96. The molecule has 0 amide bonds. The van der Waals surface area contributed by atoms with Crippen LogP contribution < -0.4 is 14.2 Å². The third kappa shape index (κ3) is 2.94. The second-order valence-electron chi connectivity index (χ2n) is 7.42. The van der Waals surface area contributed by atoms with Crippen molar-refractivity contribution < 1.29 is 14.2 Å². The van der Waals surface area contributed by atoms with Gasteiger partial charge in [0.2, 0.25) is 13.0 Å². The molecule has 0 unspecified atom stereocenters. The fourth-order valence-corrected chi connectivity index (χ4v) is 4.66. The summed E-state index contributed by atoms with van der Waals surface area (Å²) in [6.07, 6.45) is 0.448. The number of halogens is 2. The summed E-state index contributed by atoms with van der Waals surface area (Å²) in [7, 11) is 0. The first-order valence-electron chi connectivity index (χ1n) is 9.63. The predicted molar refractivity (Wildman–Crippen MR) is 117 cm³/mol. The lowest BCUT2D eigenvalue weighted by Gasteiger charge is -2.38. The van der Waals surface area contributed by atoms with Gasteiger partial charge in [-0.25, -0.2) is 5.01 Å². The Labute approximate surface area is 186 Å². The topological polar surface area (TPSA) is 43.3 Å². The molecule has 3 aromatic rings. The lowest BCUT2D eigenvalue weighted by molar-refractivity contribution is -0.0190. The third-order valence-corrected chi connectivity index (χ3v) is 6.36. The maximum atomic E-state index is 6.40. The number of hydrogen-bond acceptors (Lipinski definition) is 5. The predicted octanol–water partition coefficient (Wildman–Crippen LogP) is 6.07. The van der Waals surface area contributed by atoms with Crippen LogP contribution in [-0.2, 0) is 0 Å². The van der Waals surface area contributed by atoms with Crippen molar-refractivity contribution in [1.29, 1.82) is 0 Å². The van der Waals surface area contributed by atoms with Crippen LogP contribution in [0.2, 0.25) is 5.02 Å². The van der Waals surface area contributed by atoms with Crippen molar-refractivity contribution in [3.63, 3.8) is 0 Å². The Balaban J connectivity index is 1.43. The summed E-state index contributed by atoms with van der Waals surface area (Å²) in [5.41, 5.74) is 4.15. The van der Waals surface area contributed by atoms with Crippen molar-refractivity contribution in [2.24, 2.45) is 5.10 Å². The van der Waals surface area contributed by atoms with Gasteiger partial charge in [-0.15, -0.1) is 0 Å². The van der Waals surface area contributed by atoms with Crippen LogP contribution in [0.25, 0.3) is 0 Å². The minimum atomic E-state index is -0.326. The molecule has 0 N–H and O–H groups in total. The zero-order valence-electron chi connectivity index (χ0n) is 15.7. The van der Waals surface area contributed by atoms with E-state index in [1.54, 1.807) is 0 Å². The fraction of sp³-hybridized carbons (Fsp3) is 0.174. The van der Waals surface area contributed by atoms with E-state index in [-0.39, 0.29) is 19.1 Å². The molecule has 2 atom stereocenters. The Morgan fingerprint density at radius 2 is 1.73 bits per heavy atom. The second kappa shape index (κ2) is 6.93. The van der Waals surface area contributed by atoms with Crippen LogP contribution in [0.5, 0.6) is 17.2 Å². The summed E-state index contributed by atoms with van der Waals surface area (Å²) in [6, 6.07) is 19.9. The molecule has 0 bridgehead atoms. The highest BCUT2D eigenvalue weighted by molar-refractivity contribution is 9.10. The van der Waals surface area contributed by atoms with Gasteiger partial charge in [-0.3, -0.25) is 0 Å². The minimum absolute atomic E-state index is 0.0763.